The van der Waals surface area contributed by atoms with Crippen molar-refractivity contribution in [3.05, 3.63) is 36.0 Å². The summed E-state index contributed by atoms with van der Waals surface area (Å²) in [4.78, 5) is 24.2. The van der Waals surface area contributed by atoms with Gasteiger partial charge in [-0.2, -0.15) is 4.98 Å². The SMILES string of the molecule is COc1cc(C)nc(Nc2ccc(N3CCN(C(C)=O)CC3)cc2)n1. The number of hydrogen-bond donors (Lipinski definition) is 1. The van der Waals surface area contributed by atoms with Gasteiger partial charge in [-0.3, -0.25) is 4.79 Å². The van der Waals surface area contributed by atoms with Gasteiger partial charge in [-0.05, 0) is 31.2 Å². The lowest BCUT2D eigenvalue weighted by atomic mass is 10.2. The second-order valence-corrected chi connectivity index (χ2v) is 6.04. The molecule has 1 fully saturated rings. The first kappa shape index (κ1) is 17.0. The van der Waals surface area contributed by atoms with Crippen LogP contribution >= 0.6 is 0 Å². The Morgan fingerprint density at radius 2 is 1.80 bits per heavy atom. The number of nitrogens with zero attached hydrogens (tertiary/aromatic N) is 4. The molecule has 1 amide bonds. The number of rotatable bonds is 4. The van der Waals surface area contributed by atoms with Gasteiger partial charge in [0.1, 0.15) is 0 Å². The Morgan fingerprint density at radius 3 is 2.40 bits per heavy atom. The topological polar surface area (TPSA) is 70.6 Å². The summed E-state index contributed by atoms with van der Waals surface area (Å²) in [6.45, 7) is 6.77. The van der Waals surface area contributed by atoms with Crippen molar-refractivity contribution in [2.75, 3.05) is 43.5 Å². The number of methoxy groups -OCH3 is 1. The lowest BCUT2D eigenvalue weighted by Crippen LogP contribution is -2.48. The molecule has 1 aliphatic heterocycles. The molecule has 7 nitrogen and oxygen atoms in total. The molecule has 0 radical (unpaired) electrons. The Kier molecular flexibility index (Phi) is 5.02. The molecule has 0 saturated carbocycles. The number of hydrogen-bond acceptors (Lipinski definition) is 6. The first-order chi connectivity index (χ1) is 12.0. The van der Waals surface area contributed by atoms with Crippen LogP contribution in [0.5, 0.6) is 5.88 Å². The molecule has 2 aromatic rings. The Labute approximate surface area is 147 Å². The van der Waals surface area contributed by atoms with Crippen molar-refractivity contribution in [2.24, 2.45) is 0 Å². The van der Waals surface area contributed by atoms with E-state index in [0.29, 0.717) is 11.8 Å². The molecule has 7 heteroatoms. The number of nitrogens with one attached hydrogen (secondary N) is 1. The summed E-state index contributed by atoms with van der Waals surface area (Å²) in [6.07, 6.45) is 0. The van der Waals surface area contributed by atoms with E-state index in [1.165, 1.54) is 0 Å². The van der Waals surface area contributed by atoms with Gasteiger partial charge in [0.05, 0.1) is 7.11 Å². The lowest BCUT2D eigenvalue weighted by molar-refractivity contribution is -0.129. The maximum absolute atomic E-state index is 11.4. The van der Waals surface area contributed by atoms with Gasteiger partial charge in [-0.15, -0.1) is 0 Å². The van der Waals surface area contributed by atoms with E-state index in [9.17, 15) is 4.79 Å². The fraction of sp³-hybridized carbons (Fsp3) is 0.389. The Morgan fingerprint density at radius 1 is 1.12 bits per heavy atom. The average Bonchev–Trinajstić information content (AvgIpc) is 2.62. The molecule has 1 aromatic heterocycles. The van der Waals surface area contributed by atoms with E-state index in [2.05, 4.69) is 32.3 Å². The number of ether oxygens (including phenoxy) is 1. The first-order valence-electron chi connectivity index (χ1n) is 8.32. The van der Waals surface area contributed by atoms with Crippen LogP contribution in [0.1, 0.15) is 12.6 Å². The average molecular weight is 341 g/mol. The van der Waals surface area contributed by atoms with Crippen LogP contribution in [0.3, 0.4) is 0 Å². The molecular formula is C18H23N5O2. The molecule has 0 atom stereocenters. The first-order valence-corrected chi connectivity index (χ1v) is 8.32. The minimum Gasteiger partial charge on any atom is -0.481 e. The van der Waals surface area contributed by atoms with Gasteiger partial charge in [0.25, 0.3) is 0 Å². The van der Waals surface area contributed by atoms with E-state index in [1.807, 2.05) is 24.0 Å². The van der Waals surface area contributed by atoms with E-state index in [1.54, 1.807) is 20.1 Å². The van der Waals surface area contributed by atoms with Gasteiger partial charge in [0.2, 0.25) is 17.7 Å². The van der Waals surface area contributed by atoms with Gasteiger partial charge in [0.15, 0.2) is 0 Å². The van der Waals surface area contributed by atoms with Crippen molar-refractivity contribution in [3.63, 3.8) is 0 Å². The second kappa shape index (κ2) is 7.38. The molecule has 25 heavy (non-hydrogen) atoms. The number of aromatic nitrogens is 2. The van der Waals surface area contributed by atoms with Crippen molar-refractivity contribution in [1.29, 1.82) is 0 Å². The van der Waals surface area contributed by atoms with Crippen molar-refractivity contribution in [2.45, 2.75) is 13.8 Å². The maximum Gasteiger partial charge on any atom is 0.230 e. The third-order valence-electron chi connectivity index (χ3n) is 4.25. The minimum atomic E-state index is 0.146. The summed E-state index contributed by atoms with van der Waals surface area (Å²) >= 11 is 0. The van der Waals surface area contributed by atoms with Crippen molar-refractivity contribution in [1.82, 2.24) is 14.9 Å². The van der Waals surface area contributed by atoms with Gasteiger partial charge >= 0.3 is 0 Å². The maximum atomic E-state index is 11.4. The molecule has 1 saturated heterocycles. The predicted molar refractivity (Wildman–Crippen MR) is 97.5 cm³/mol. The van der Waals surface area contributed by atoms with E-state index in [4.69, 9.17) is 4.74 Å². The quantitative estimate of drug-likeness (QED) is 0.919. The standard InChI is InChI=1S/C18H23N5O2/c1-13-12-17(25-3)21-18(19-13)20-15-4-6-16(7-5-15)23-10-8-22(9-11-23)14(2)24/h4-7,12H,8-11H2,1-3H3,(H,19,20,21). The third kappa shape index (κ3) is 4.17. The molecule has 0 bridgehead atoms. The number of benzene rings is 1. The van der Waals surface area contributed by atoms with Crippen LogP contribution in [0, 0.1) is 6.92 Å². The molecule has 0 spiro atoms. The minimum absolute atomic E-state index is 0.146. The van der Waals surface area contributed by atoms with Crippen LogP contribution in [0.4, 0.5) is 17.3 Å². The highest BCUT2D eigenvalue weighted by atomic mass is 16.5. The number of aryl methyl sites for hydroxylation is 1. The molecule has 1 N–H and O–H groups in total. The Bertz CT molecular complexity index is 740. The molecule has 132 valence electrons. The molecule has 0 aliphatic carbocycles. The molecule has 1 aromatic carbocycles. The normalized spacial score (nSPS) is 14.4. The summed E-state index contributed by atoms with van der Waals surface area (Å²) in [5.41, 5.74) is 2.91. The summed E-state index contributed by atoms with van der Waals surface area (Å²) in [6, 6.07) is 9.93. The molecule has 1 aliphatic rings. The summed E-state index contributed by atoms with van der Waals surface area (Å²) in [5, 5.41) is 3.20. The summed E-state index contributed by atoms with van der Waals surface area (Å²) < 4.78 is 5.17. The van der Waals surface area contributed by atoms with E-state index >= 15 is 0 Å². The Hall–Kier alpha value is -2.83. The van der Waals surface area contributed by atoms with Crippen molar-refractivity contribution >= 4 is 23.2 Å². The highest BCUT2D eigenvalue weighted by Crippen LogP contribution is 2.22. The van der Waals surface area contributed by atoms with Crippen molar-refractivity contribution < 1.29 is 9.53 Å². The third-order valence-corrected chi connectivity index (χ3v) is 4.25. The van der Waals surface area contributed by atoms with Crippen LogP contribution in [0.25, 0.3) is 0 Å². The monoisotopic (exact) mass is 341 g/mol. The number of carbonyl (C=O) groups excluding carboxylic acids is 1. The van der Waals surface area contributed by atoms with Crippen LogP contribution in [-0.4, -0.2) is 54.1 Å². The molecule has 3 rings (SSSR count). The zero-order valence-electron chi connectivity index (χ0n) is 14.8. The second-order valence-electron chi connectivity index (χ2n) is 6.04. The largest absolute Gasteiger partial charge is 0.481 e. The molecular weight excluding hydrogens is 318 g/mol. The van der Waals surface area contributed by atoms with Gasteiger partial charge in [-0.25, -0.2) is 4.98 Å². The predicted octanol–water partition coefficient (Wildman–Crippen LogP) is 2.21. The van der Waals surface area contributed by atoms with E-state index in [0.717, 1.165) is 43.2 Å². The number of amides is 1. The highest BCUT2D eigenvalue weighted by molar-refractivity contribution is 5.73. The van der Waals surface area contributed by atoms with E-state index in [-0.39, 0.29) is 5.91 Å². The molecule has 2 heterocycles. The van der Waals surface area contributed by atoms with Gasteiger partial charge in [0, 0.05) is 56.2 Å². The van der Waals surface area contributed by atoms with Crippen molar-refractivity contribution in [3.8, 4) is 5.88 Å². The van der Waals surface area contributed by atoms with Gasteiger partial charge in [-0.1, -0.05) is 0 Å². The number of anilines is 3. The zero-order chi connectivity index (χ0) is 17.8. The van der Waals surface area contributed by atoms with Crippen LogP contribution in [0.15, 0.2) is 30.3 Å². The number of piperazine rings is 1. The van der Waals surface area contributed by atoms with Crippen LogP contribution < -0.4 is 15.0 Å². The molecule has 0 unspecified atom stereocenters. The smallest absolute Gasteiger partial charge is 0.230 e. The lowest BCUT2D eigenvalue weighted by Gasteiger charge is -2.35. The Balaban J connectivity index is 1.65. The fourth-order valence-corrected chi connectivity index (χ4v) is 2.86. The fourth-order valence-electron chi connectivity index (χ4n) is 2.86. The zero-order valence-corrected chi connectivity index (χ0v) is 14.8. The number of carbonyl (C=O) groups is 1. The highest BCUT2D eigenvalue weighted by Gasteiger charge is 2.18. The summed E-state index contributed by atoms with van der Waals surface area (Å²) in [5.74, 6) is 1.20. The van der Waals surface area contributed by atoms with Crippen LogP contribution in [0.2, 0.25) is 0 Å². The van der Waals surface area contributed by atoms with Crippen LogP contribution in [-0.2, 0) is 4.79 Å². The summed E-state index contributed by atoms with van der Waals surface area (Å²) in [7, 11) is 1.59. The van der Waals surface area contributed by atoms with E-state index < -0.39 is 0 Å². The van der Waals surface area contributed by atoms with Gasteiger partial charge < -0.3 is 19.9 Å².